The lowest BCUT2D eigenvalue weighted by molar-refractivity contribution is 1.13. The predicted octanol–water partition coefficient (Wildman–Crippen LogP) is 7.52. The van der Waals surface area contributed by atoms with E-state index < -0.39 is 0 Å². The van der Waals surface area contributed by atoms with Gasteiger partial charge < -0.3 is 4.90 Å². The van der Waals surface area contributed by atoms with Crippen molar-refractivity contribution in [3.63, 3.8) is 0 Å². The zero-order chi connectivity index (χ0) is 22.9. The number of hydrogen-bond acceptors (Lipinski definition) is 3. The maximum Gasteiger partial charge on any atom is 0.145 e. The molecule has 34 heavy (non-hydrogen) atoms. The third-order valence-corrected chi connectivity index (χ3v) is 6.06. The number of pyridine rings is 1. The molecule has 160 valence electrons. The van der Waals surface area contributed by atoms with Gasteiger partial charge in [0, 0.05) is 34.0 Å². The fourth-order valence-electron chi connectivity index (χ4n) is 4.58. The number of para-hydroxylation sites is 3. The molecule has 0 amide bonds. The van der Waals surface area contributed by atoms with E-state index in [4.69, 9.17) is 4.98 Å². The third-order valence-electron chi connectivity index (χ3n) is 6.06. The summed E-state index contributed by atoms with van der Waals surface area (Å²) in [7, 11) is 0. The average Bonchev–Trinajstić information content (AvgIpc) is 3.24. The number of anilines is 3. The predicted molar refractivity (Wildman–Crippen MR) is 138 cm³/mol. The summed E-state index contributed by atoms with van der Waals surface area (Å²) < 4.78 is 2.09. The van der Waals surface area contributed by atoms with Crippen LogP contribution in [0.2, 0.25) is 0 Å². The Balaban J connectivity index is 1.64. The number of nitriles is 1. The monoisotopic (exact) mass is 436 g/mol. The van der Waals surface area contributed by atoms with Gasteiger partial charge in [0.15, 0.2) is 0 Å². The number of rotatable bonds is 4. The second kappa shape index (κ2) is 8.23. The lowest BCUT2D eigenvalue weighted by Gasteiger charge is -2.25. The molecule has 0 saturated heterocycles. The van der Waals surface area contributed by atoms with Crippen LogP contribution in [-0.4, -0.2) is 9.55 Å². The van der Waals surface area contributed by atoms with Gasteiger partial charge in [-0.15, -0.1) is 0 Å². The van der Waals surface area contributed by atoms with E-state index in [0.29, 0.717) is 5.56 Å². The van der Waals surface area contributed by atoms with Crippen LogP contribution in [0.1, 0.15) is 5.56 Å². The van der Waals surface area contributed by atoms with Gasteiger partial charge in [0.2, 0.25) is 0 Å². The van der Waals surface area contributed by atoms with E-state index in [2.05, 4.69) is 88.3 Å². The Kier molecular flexibility index (Phi) is 4.79. The molecular formula is C30H20N4. The highest BCUT2D eigenvalue weighted by Gasteiger charge is 2.18. The van der Waals surface area contributed by atoms with E-state index in [1.165, 1.54) is 0 Å². The molecule has 4 heteroatoms. The molecular weight excluding hydrogens is 416 g/mol. The van der Waals surface area contributed by atoms with E-state index >= 15 is 0 Å². The first-order valence-electron chi connectivity index (χ1n) is 11.1. The standard InChI is InChI=1S/C30H20N4/c31-21-22-10-7-8-16-28(22)34-29-18-17-25(20-27(29)26-15-9-19-32-30(26)34)33(23-11-3-1-4-12-23)24-13-5-2-6-14-24/h1-20H. The van der Waals surface area contributed by atoms with Gasteiger partial charge in [0.1, 0.15) is 11.7 Å². The second-order valence-corrected chi connectivity index (χ2v) is 8.05. The quantitative estimate of drug-likeness (QED) is 0.287. The fraction of sp³-hybridized carbons (Fsp3) is 0. The Hall–Kier alpha value is -4.88. The van der Waals surface area contributed by atoms with Crippen molar-refractivity contribution < 1.29 is 0 Å². The smallest absolute Gasteiger partial charge is 0.145 e. The van der Waals surface area contributed by atoms with Crippen LogP contribution in [0.15, 0.2) is 121 Å². The Morgan fingerprint density at radius 2 is 1.32 bits per heavy atom. The molecule has 0 unspecified atom stereocenters. The lowest BCUT2D eigenvalue weighted by atomic mass is 10.1. The van der Waals surface area contributed by atoms with Gasteiger partial charge >= 0.3 is 0 Å². The first-order valence-corrected chi connectivity index (χ1v) is 11.1. The van der Waals surface area contributed by atoms with Crippen LogP contribution in [0, 0.1) is 11.3 Å². The highest BCUT2D eigenvalue weighted by Crippen LogP contribution is 2.39. The van der Waals surface area contributed by atoms with E-state index in [9.17, 15) is 5.26 Å². The van der Waals surface area contributed by atoms with E-state index in [-0.39, 0.29) is 0 Å². The van der Waals surface area contributed by atoms with Gasteiger partial charge in [-0.05, 0) is 66.7 Å². The highest BCUT2D eigenvalue weighted by molar-refractivity contribution is 6.09. The van der Waals surface area contributed by atoms with Gasteiger partial charge in [0.25, 0.3) is 0 Å². The van der Waals surface area contributed by atoms with E-state index in [0.717, 1.165) is 44.7 Å². The van der Waals surface area contributed by atoms with Gasteiger partial charge in [-0.1, -0.05) is 48.5 Å². The largest absolute Gasteiger partial charge is 0.310 e. The SMILES string of the molecule is N#Cc1ccccc1-n1c2ccc(N(c3ccccc3)c3ccccc3)cc2c2cccnc21. The van der Waals surface area contributed by atoms with Gasteiger partial charge in [-0.3, -0.25) is 4.57 Å². The molecule has 0 saturated carbocycles. The molecule has 6 aromatic rings. The highest BCUT2D eigenvalue weighted by atomic mass is 15.1. The Morgan fingerprint density at radius 3 is 2.03 bits per heavy atom. The van der Waals surface area contributed by atoms with Crippen LogP contribution in [0.3, 0.4) is 0 Å². The van der Waals surface area contributed by atoms with Crippen LogP contribution in [0.25, 0.3) is 27.6 Å². The summed E-state index contributed by atoms with van der Waals surface area (Å²) in [5.74, 6) is 0. The number of fused-ring (bicyclic) bond motifs is 3. The molecule has 0 atom stereocenters. The second-order valence-electron chi connectivity index (χ2n) is 8.05. The summed E-state index contributed by atoms with van der Waals surface area (Å²) in [6, 6.07) is 41.3. The van der Waals surface area contributed by atoms with Crippen molar-refractivity contribution in [2.24, 2.45) is 0 Å². The number of benzene rings is 4. The minimum absolute atomic E-state index is 0.617. The molecule has 2 heterocycles. The molecule has 0 spiro atoms. The van der Waals surface area contributed by atoms with Gasteiger partial charge in [-0.2, -0.15) is 5.26 Å². The van der Waals surface area contributed by atoms with Crippen LogP contribution in [0.5, 0.6) is 0 Å². The zero-order valence-electron chi connectivity index (χ0n) is 18.3. The maximum atomic E-state index is 9.74. The third kappa shape index (κ3) is 3.19. The number of nitrogens with zero attached hydrogens (tertiary/aromatic N) is 4. The Morgan fingerprint density at radius 1 is 0.647 bits per heavy atom. The van der Waals surface area contributed by atoms with Crippen molar-refractivity contribution in [1.82, 2.24) is 9.55 Å². The Labute approximate surface area is 197 Å². The van der Waals surface area contributed by atoms with Crippen molar-refractivity contribution in [2.75, 3.05) is 4.90 Å². The van der Waals surface area contributed by atoms with Crippen LogP contribution in [0.4, 0.5) is 17.1 Å². The zero-order valence-corrected chi connectivity index (χ0v) is 18.3. The fourth-order valence-corrected chi connectivity index (χ4v) is 4.58. The van der Waals surface area contributed by atoms with Gasteiger partial charge in [-0.25, -0.2) is 4.98 Å². The summed E-state index contributed by atoms with van der Waals surface area (Å²) in [4.78, 5) is 6.95. The molecule has 0 aliphatic rings. The van der Waals surface area contributed by atoms with E-state index in [1.807, 2.05) is 42.5 Å². The first-order chi connectivity index (χ1) is 16.8. The minimum atomic E-state index is 0.617. The molecule has 0 aliphatic carbocycles. The summed E-state index contributed by atoms with van der Waals surface area (Å²) >= 11 is 0. The van der Waals surface area contributed by atoms with Crippen molar-refractivity contribution in [3.8, 4) is 11.8 Å². The summed E-state index contributed by atoms with van der Waals surface area (Å²) in [5.41, 5.74) is 6.53. The van der Waals surface area contributed by atoms with Crippen molar-refractivity contribution in [3.05, 3.63) is 127 Å². The molecule has 4 nitrogen and oxygen atoms in total. The Bertz CT molecular complexity index is 1620. The molecule has 4 aromatic carbocycles. The summed E-state index contributed by atoms with van der Waals surface area (Å²) in [6.07, 6.45) is 1.80. The van der Waals surface area contributed by atoms with Crippen molar-refractivity contribution in [2.45, 2.75) is 0 Å². The number of aromatic nitrogens is 2. The van der Waals surface area contributed by atoms with Crippen LogP contribution in [-0.2, 0) is 0 Å². The number of hydrogen-bond donors (Lipinski definition) is 0. The maximum absolute atomic E-state index is 9.74. The molecule has 0 N–H and O–H groups in total. The normalized spacial score (nSPS) is 10.9. The molecule has 6 rings (SSSR count). The summed E-state index contributed by atoms with van der Waals surface area (Å²) in [5, 5.41) is 11.9. The van der Waals surface area contributed by atoms with Crippen LogP contribution < -0.4 is 4.90 Å². The van der Waals surface area contributed by atoms with Crippen LogP contribution >= 0.6 is 0 Å². The summed E-state index contributed by atoms with van der Waals surface area (Å²) in [6.45, 7) is 0. The minimum Gasteiger partial charge on any atom is -0.310 e. The van der Waals surface area contributed by atoms with Crippen molar-refractivity contribution in [1.29, 1.82) is 5.26 Å². The molecule has 0 fully saturated rings. The molecule has 0 aliphatic heterocycles. The average molecular weight is 437 g/mol. The molecule has 0 radical (unpaired) electrons. The topological polar surface area (TPSA) is 44.9 Å². The first kappa shape index (κ1) is 19.8. The molecule has 2 aromatic heterocycles. The van der Waals surface area contributed by atoms with E-state index in [1.54, 1.807) is 6.20 Å². The van der Waals surface area contributed by atoms with Crippen molar-refractivity contribution >= 4 is 39.0 Å². The van der Waals surface area contributed by atoms with Gasteiger partial charge in [0.05, 0.1) is 16.8 Å². The lowest BCUT2D eigenvalue weighted by Crippen LogP contribution is -2.09. The molecule has 0 bridgehead atoms.